The molecule has 1 amide bonds. The van der Waals surface area contributed by atoms with E-state index in [9.17, 15) is 4.79 Å². The van der Waals surface area contributed by atoms with E-state index in [1.165, 1.54) is 19.3 Å². The smallest absolute Gasteiger partial charge is 0.251 e. The van der Waals surface area contributed by atoms with Crippen LogP contribution in [0.25, 0.3) is 0 Å². The SMILES string of the molecule is CCCCCCOc1ccc(C(=O)NCc2ccco2)cc1Br. The molecule has 1 heterocycles. The number of ether oxygens (including phenoxy) is 1. The molecule has 1 N–H and O–H groups in total. The fourth-order valence-corrected chi connectivity index (χ4v) is 2.65. The average molecular weight is 380 g/mol. The van der Waals surface area contributed by atoms with Crippen molar-refractivity contribution in [3.05, 3.63) is 52.4 Å². The van der Waals surface area contributed by atoms with Gasteiger partial charge in [0.15, 0.2) is 0 Å². The summed E-state index contributed by atoms with van der Waals surface area (Å²) in [4.78, 5) is 12.1. The highest BCUT2D eigenvalue weighted by Gasteiger charge is 2.09. The number of carbonyl (C=O) groups excluding carboxylic acids is 1. The molecule has 5 heteroatoms. The van der Waals surface area contributed by atoms with E-state index in [4.69, 9.17) is 9.15 Å². The van der Waals surface area contributed by atoms with E-state index in [0.717, 1.165) is 22.4 Å². The molecule has 4 nitrogen and oxygen atoms in total. The first-order valence-corrected chi connectivity index (χ1v) is 8.73. The third-order valence-electron chi connectivity index (χ3n) is 3.45. The van der Waals surface area contributed by atoms with Gasteiger partial charge in [0.2, 0.25) is 0 Å². The lowest BCUT2D eigenvalue weighted by atomic mass is 10.2. The van der Waals surface area contributed by atoms with Gasteiger partial charge in [-0.2, -0.15) is 0 Å². The van der Waals surface area contributed by atoms with Crippen LogP contribution in [0.2, 0.25) is 0 Å². The van der Waals surface area contributed by atoms with Gasteiger partial charge in [-0.1, -0.05) is 26.2 Å². The van der Waals surface area contributed by atoms with E-state index in [-0.39, 0.29) is 5.91 Å². The van der Waals surface area contributed by atoms with Crippen LogP contribution in [0.1, 0.15) is 48.7 Å². The molecule has 2 aromatic rings. The molecule has 0 aliphatic carbocycles. The van der Waals surface area contributed by atoms with Crippen LogP contribution in [0.3, 0.4) is 0 Å². The minimum absolute atomic E-state index is 0.142. The second-order valence-electron chi connectivity index (χ2n) is 5.32. The summed E-state index contributed by atoms with van der Waals surface area (Å²) < 4.78 is 11.7. The molecule has 0 saturated heterocycles. The molecule has 23 heavy (non-hydrogen) atoms. The van der Waals surface area contributed by atoms with Crippen LogP contribution in [0.5, 0.6) is 5.75 Å². The monoisotopic (exact) mass is 379 g/mol. The molecule has 0 unspecified atom stereocenters. The van der Waals surface area contributed by atoms with E-state index >= 15 is 0 Å². The van der Waals surface area contributed by atoms with E-state index < -0.39 is 0 Å². The van der Waals surface area contributed by atoms with Crippen LogP contribution in [0.4, 0.5) is 0 Å². The van der Waals surface area contributed by atoms with Crippen molar-refractivity contribution in [1.29, 1.82) is 0 Å². The van der Waals surface area contributed by atoms with E-state index in [0.29, 0.717) is 18.7 Å². The largest absolute Gasteiger partial charge is 0.492 e. The molecule has 0 radical (unpaired) electrons. The van der Waals surface area contributed by atoms with Crippen molar-refractivity contribution >= 4 is 21.8 Å². The van der Waals surface area contributed by atoms with Gasteiger partial charge in [0, 0.05) is 5.56 Å². The normalized spacial score (nSPS) is 10.5. The second kappa shape index (κ2) is 9.40. The Morgan fingerprint density at radius 3 is 2.83 bits per heavy atom. The Bertz CT molecular complexity index is 611. The highest BCUT2D eigenvalue weighted by molar-refractivity contribution is 9.10. The number of nitrogens with one attached hydrogen (secondary N) is 1. The summed E-state index contributed by atoms with van der Waals surface area (Å²) in [5.41, 5.74) is 0.585. The zero-order valence-electron chi connectivity index (χ0n) is 13.3. The summed E-state index contributed by atoms with van der Waals surface area (Å²) in [5.74, 6) is 1.35. The molecule has 2 rings (SSSR count). The van der Waals surface area contributed by atoms with Gasteiger partial charge in [0.1, 0.15) is 11.5 Å². The summed E-state index contributed by atoms with van der Waals surface area (Å²) in [6.07, 6.45) is 6.27. The Hall–Kier alpha value is -1.75. The summed E-state index contributed by atoms with van der Waals surface area (Å²) in [7, 11) is 0. The summed E-state index contributed by atoms with van der Waals surface area (Å²) in [5, 5.41) is 2.82. The van der Waals surface area contributed by atoms with E-state index in [1.54, 1.807) is 24.5 Å². The molecule has 0 spiro atoms. The Labute approximate surface area is 145 Å². The van der Waals surface area contributed by atoms with Crippen LogP contribution >= 0.6 is 15.9 Å². The van der Waals surface area contributed by atoms with Crippen LogP contribution in [-0.4, -0.2) is 12.5 Å². The zero-order valence-corrected chi connectivity index (χ0v) is 14.9. The molecule has 0 fully saturated rings. The molecule has 0 bridgehead atoms. The number of rotatable bonds is 9. The fourth-order valence-electron chi connectivity index (χ4n) is 2.15. The van der Waals surface area contributed by atoms with Gasteiger partial charge in [0.05, 0.1) is 23.9 Å². The van der Waals surface area contributed by atoms with Gasteiger partial charge in [0.25, 0.3) is 5.91 Å². The second-order valence-corrected chi connectivity index (χ2v) is 6.17. The van der Waals surface area contributed by atoms with Gasteiger partial charge in [-0.3, -0.25) is 4.79 Å². The molecule has 0 aliphatic rings. The lowest BCUT2D eigenvalue weighted by molar-refractivity contribution is 0.0948. The molecule has 0 saturated carbocycles. The van der Waals surface area contributed by atoms with Crippen molar-refractivity contribution in [3.63, 3.8) is 0 Å². The Balaban J connectivity index is 1.84. The molecule has 1 aromatic carbocycles. The first kappa shape index (κ1) is 17.6. The van der Waals surface area contributed by atoms with E-state index in [2.05, 4.69) is 28.2 Å². The van der Waals surface area contributed by atoms with Gasteiger partial charge < -0.3 is 14.5 Å². The minimum atomic E-state index is -0.142. The van der Waals surface area contributed by atoms with Gasteiger partial charge in [-0.25, -0.2) is 0 Å². The predicted molar refractivity (Wildman–Crippen MR) is 93.7 cm³/mol. The van der Waals surface area contributed by atoms with Crippen LogP contribution in [-0.2, 0) is 6.54 Å². The standard InChI is InChI=1S/C18H22BrNO3/c1-2-3-4-5-10-23-17-9-8-14(12-16(17)19)18(21)20-13-15-7-6-11-22-15/h6-9,11-12H,2-5,10,13H2,1H3,(H,20,21). The number of hydrogen-bond acceptors (Lipinski definition) is 3. The third-order valence-corrected chi connectivity index (χ3v) is 4.07. The highest BCUT2D eigenvalue weighted by Crippen LogP contribution is 2.26. The average Bonchev–Trinajstić information content (AvgIpc) is 3.07. The maximum Gasteiger partial charge on any atom is 0.251 e. The number of carbonyl (C=O) groups is 1. The van der Waals surface area contributed by atoms with Crippen LogP contribution < -0.4 is 10.1 Å². The number of unbranched alkanes of at least 4 members (excludes halogenated alkanes) is 3. The maximum absolute atomic E-state index is 12.1. The summed E-state index contributed by atoms with van der Waals surface area (Å²) in [6, 6.07) is 8.99. The fraction of sp³-hybridized carbons (Fsp3) is 0.389. The first-order chi connectivity index (χ1) is 11.2. The van der Waals surface area contributed by atoms with Crippen molar-refractivity contribution < 1.29 is 13.9 Å². The quantitative estimate of drug-likeness (QED) is 0.628. The molecular weight excluding hydrogens is 358 g/mol. The third kappa shape index (κ3) is 5.75. The summed E-state index contributed by atoms with van der Waals surface area (Å²) >= 11 is 3.46. The summed E-state index contributed by atoms with van der Waals surface area (Å²) in [6.45, 7) is 3.26. The van der Waals surface area contributed by atoms with E-state index in [1.807, 2.05) is 12.1 Å². The van der Waals surface area contributed by atoms with Gasteiger partial charge >= 0.3 is 0 Å². The number of hydrogen-bond donors (Lipinski definition) is 1. The van der Waals surface area contributed by atoms with Crippen LogP contribution in [0.15, 0.2) is 45.5 Å². The maximum atomic E-state index is 12.1. The topological polar surface area (TPSA) is 51.5 Å². The number of halogens is 1. The molecule has 0 aliphatic heterocycles. The Morgan fingerprint density at radius 2 is 2.13 bits per heavy atom. The highest BCUT2D eigenvalue weighted by atomic mass is 79.9. The van der Waals surface area contributed by atoms with Gasteiger partial charge in [-0.05, 0) is 52.7 Å². The molecule has 1 aromatic heterocycles. The van der Waals surface area contributed by atoms with Crippen molar-refractivity contribution in [2.24, 2.45) is 0 Å². The lowest BCUT2D eigenvalue weighted by Crippen LogP contribution is -2.22. The lowest BCUT2D eigenvalue weighted by Gasteiger charge is -2.10. The van der Waals surface area contributed by atoms with Crippen molar-refractivity contribution in [3.8, 4) is 5.75 Å². The minimum Gasteiger partial charge on any atom is -0.492 e. The number of furan rings is 1. The zero-order chi connectivity index (χ0) is 16.5. The van der Waals surface area contributed by atoms with Crippen molar-refractivity contribution in [2.75, 3.05) is 6.61 Å². The van der Waals surface area contributed by atoms with Gasteiger partial charge in [-0.15, -0.1) is 0 Å². The predicted octanol–water partition coefficient (Wildman–Crippen LogP) is 4.93. The Morgan fingerprint density at radius 1 is 1.26 bits per heavy atom. The van der Waals surface area contributed by atoms with Crippen LogP contribution in [0, 0.1) is 0 Å². The van der Waals surface area contributed by atoms with Crippen molar-refractivity contribution in [1.82, 2.24) is 5.32 Å². The first-order valence-electron chi connectivity index (χ1n) is 7.93. The molecular formula is C18H22BrNO3. The molecule has 124 valence electrons. The number of amides is 1. The van der Waals surface area contributed by atoms with Crippen molar-refractivity contribution in [2.45, 2.75) is 39.2 Å². The number of benzene rings is 1. The molecule has 0 atom stereocenters. The Kier molecular flexibility index (Phi) is 7.20.